The van der Waals surface area contributed by atoms with Crippen molar-refractivity contribution in [3.63, 3.8) is 0 Å². The lowest BCUT2D eigenvalue weighted by atomic mass is 10.0. The molecular formula is C11H15NOS. The highest BCUT2D eigenvalue weighted by Crippen LogP contribution is 2.33. The molecule has 14 heavy (non-hydrogen) atoms. The van der Waals surface area contributed by atoms with E-state index in [1.54, 1.807) is 7.11 Å². The summed E-state index contributed by atoms with van der Waals surface area (Å²) in [5.74, 6) is 0.915. The van der Waals surface area contributed by atoms with Crippen molar-refractivity contribution in [2.75, 3.05) is 19.1 Å². The Kier molecular flexibility index (Phi) is 2.59. The van der Waals surface area contributed by atoms with Gasteiger partial charge in [-0.3, -0.25) is 0 Å². The summed E-state index contributed by atoms with van der Waals surface area (Å²) in [6.45, 7) is 0. The molecule has 1 aromatic rings. The summed E-state index contributed by atoms with van der Waals surface area (Å²) in [5, 5.41) is 0.328. The minimum atomic E-state index is 0.328. The zero-order chi connectivity index (χ0) is 10.1. The molecule has 0 bridgehead atoms. The topological polar surface area (TPSA) is 12.5 Å². The molecule has 0 radical (unpaired) electrons. The Morgan fingerprint density at radius 3 is 3.00 bits per heavy atom. The highest BCUT2D eigenvalue weighted by molar-refractivity contribution is 7.81. The van der Waals surface area contributed by atoms with Gasteiger partial charge in [0.05, 0.1) is 12.5 Å². The van der Waals surface area contributed by atoms with Crippen LogP contribution in [0, 0.1) is 0 Å². The lowest BCUT2D eigenvalue weighted by Gasteiger charge is -2.33. The van der Waals surface area contributed by atoms with Crippen molar-refractivity contribution >= 4 is 18.3 Å². The van der Waals surface area contributed by atoms with Gasteiger partial charge in [0, 0.05) is 18.8 Å². The average molecular weight is 209 g/mol. The fourth-order valence-corrected chi connectivity index (χ4v) is 2.10. The van der Waals surface area contributed by atoms with E-state index in [0.29, 0.717) is 5.37 Å². The Bertz CT molecular complexity index is 340. The van der Waals surface area contributed by atoms with Gasteiger partial charge in [0.1, 0.15) is 5.75 Å². The maximum atomic E-state index is 5.21. The van der Waals surface area contributed by atoms with Gasteiger partial charge in [0.2, 0.25) is 0 Å². The highest BCUT2D eigenvalue weighted by atomic mass is 32.1. The van der Waals surface area contributed by atoms with Crippen LogP contribution in [0.2, 0.25) is 0 Å². The second-order valence-corrected chi connectivity index (χ2v) is 4.22. The number of hydrogen-bond donors (Lipinski definition) is 1. The normalized spacial score (nSPS) is 20.5. The number of nitrogens with zero attached hydrogens (tertiary/aromatic N) is 1. The summed E-state index contributed by atoms with van der Waals surface area (Å²) in [4.78, 5) is 2.20. The third kappa shape index (κ3) is 1.57. The van der Waals surface area contributed by atoms with Crippen LogP contribution in [0.5, 0.6) is 5.75 Å². The van der Waals surface area contributed by atoms with Gasteiger partial charge in [-0.1, -0.05) is 6.07 Å². The van der Waals surface area contributed by atoms with E-state index in [4.69, 9.17) is 4.74 Å². The molecule has 0 saturated carbocycles. The number of methoxy groups -OCH3 is 1. The third-order valence-electron chi connectivity index (χ3n) is 2.79. The Morgan fingerprint density at radius 1 is 1.50 bits per heavy atom. The second kappa shape index (κ2) is 3.73. The zero-order valence-corrected chi connectivity index (χ0v) is 9.42. The van der Waals surface area contributed by atoms with E-state index in [1.807, 2.05) is 6.07 Å². The van der Waals surface area contributed by atoms with E-state index < -0.39 is 0 Å². The average Bonchev–Trinajstić information content (AvgIpc) is 2.23. The zero-order valence-electron chi connectivity index (χ0n) is 8.53. The Labute approximate surface area is 90.3 Å². The number of anilines is 1. The minimum Gasteiger partial charge on any atom is -0.497 e. The number of benzene rings is 1. The van der Waals surface area contributed by atoms with Crippen LogP contribution >= 0.6 is 12.6 Å². The van der Waals surface area contributed by atoms with Gasteiger partial charge < -0.3 is 9.64 Å². The predicted molar refractivity (Wildman–Crippen MR) is 62.5 cm³/mol. The number of fused-ring (bicyclic) bond motifs is 1. The minimum absolute atomic E-state index is 0.328. The molecule has 0 spiro atoms. The molecule has 0 fully saturated rings. The monoisotopic (exact) mass is 209 g/mol. The lowest BCUT2D eigenvalue weighted by molar-refractivity contribution is 0.414. The van der Waals surface area contributed by atoms with Gasteiger partial charge in [-0.15, -0.1) is 0 Å². The molecule has 0 aromatic heterocycles. The molecule has 1 aliphatic rings. The predicted octanol–water partition coefficient (Wildman–Crippen LogP) is 2.33. The Morgan fingerprint density at radius 2 is 2.29 bits per heavy atom. The first kappa shape index (κ1) is 9.71. The first-order valence-electron chi connectivity index (χ1n) is 4.80. The molecule has 0 aliphatic carbocycles. The largest absolute Gasteiger partial charge is 0.497 e. The van der Waals surface area contributed by atoms with Crippen LogP contribution in [0.25, 0.3) is 0 Å². The van der Waals surface area contributed by atoms with E-state index in [-0.39, 0.29) is 0 Å². The molecule has 2 rings (SSSR count). The molecule has 1 unspecified atom stereocenters. The first-order chi connectivity index (χ1) is 6.72. The first-order valence-corrected chi connectivity index (χ1v) is 5.32. The summed E-state index contributed by atoms with van der Waals surface area (Å²) in [7, 11) is 3.78. The SMILES string of the molecule is COc1ccc2c(c1)N(C)C(S)CC2. The van der Waals surface area contributed by atoms with E-state index in [9.17, 15) is 0 Å². The van der Waals surface area contributed by atoms with Crippen LogP contribution in [0.4, 0.5) is 5.69 Å². The van der Waals surface area contributed by atoms with Crippen LogP contribution in [0.1, 0.15) is 12.0 Å². The van der Waals surface area contributed by atoms with Gasteiger partial charge in [0.15, 0.2) is 0 Å². The smallest absolute Gasteiger partial charge is 0.120 e. The second-order valence-electron chi connectivity index (χ2n) is 3.62. The molecule has 1 atom stereocenters. The maximum Gasteiger partial charge on any atom is 0.120 e. The summed E-state index contributed by atoms with van der Waals surface area (Å²) in [5.41, 5.74) is 2.63. The van der Waals surface area contributed by atoms with Crippen molar-refractivity contribution in [3.8, 4) is 5.75 Å². The van der Waals surface area contributed by atoms with Crippen molar-refractivity contribution in [1.29, 1.82) is 0 Å². The number of hydrogen-bond acceptors (Lipinski definition) is 3. The fourth-order valence-electron chi connectivity index (χ4n) is 1.85. The van der Waals surface area contributed by atoms with Crippen LogP contribution in [-0.4, -0.2) is 19.5 Å². The van der Waals surface area contributed by atoms with Crippen molar-refractivity contribution in [1.82, 2.24) is 0 Å². The summed E-state index contributed by atoms with van der Waals surface area (Å²) in [6.07, 6.45) is 2.22. The van der Waals surface area contributed by atoms with Crippen molar-refractivity contribution in [2.45, 2.75) is 18.2 Å². The molecule has 0 amide bonds. The number of aryl methyl sites for hydroxylation is 1. The van der Waals surface area contributed by atoms with Crippen LogP contribution in [0.3, 0.4) is 0 Å². The molecule has 1 aliphatic heterocycles. The number of thiol groups is 1. The van der Waals surface area contributed by atoms with Gasteiger partial charge in [-0.2, -0.15) is 12.6 Å². The Balaban J connectivity index is 2.41. The van der Waals surface area contributed by atoms with Gasteiger partial charge in [0.25, 0.3) is 0 Å². The molecule has 76 valence electrons. The van der Waals surface area contributed by atoms with Crippen LogP contribution in [0.15, 0.2) is 18.2 Å². The van der Waals surface area contributed by atoms with Crippen molar-refractivity contribution in [2.24, 2.45) is 0 Å². The van der Waals surface area contributed by atoms with E-state index >= 15 is 0 Å². The standard InChI is InChI=1S/C11H15NOS/c1-12-10-7-9(13-2)5-3-8(10)4-6-11(12)14/h3,5,7,11,14H,4,6H2,1-2H3. The molecule has 2 nitrogen and oxygen atoms in total. The molecule has 3 heteroatoms. The fraction of sp³-hybridized carbons (Fsp3) is 0.455. The van der Waals surface area contributed by atoms with Gasteiger partial charge in [-0.05, 0) is 24.5 Å². The van der Waals surface area contributed by atoms with E-state index in [2.05, 4.69) is 36.7 Å². The molecule has 1 heterocycles. The van der Waals surface area contributed by atoms with Gasteiger partial charge in [-0.25, -0.2) is 0 Å². The summed E-state index contributed by atoms with van der Waals surface area (Å²) >= 11 is 4.53. The lowest BCUT2D eigenvalue weighted by Crippen LogP contribution is -2.31. The van der Waals surface area contributed by atoms with Crippen LogP contribution < -0.4 is 9.64 Å². The molecule has 0 N–H and O–H groups in total. The van der Waals surface area contributed by atoms with Crippen molar-refractivity contribution in [3.05, 3.63) is 23.8 Å². The van der Waals surface area contributed by atoms with Crippen LogP contribution in [-0.2, 0) is 6.42 Å². The Hall–Kier alpha value is -0.830. The highest BCUT2D eigenvalue weighted by Gasteiger charge is 2.20. The van der Waals surface area contributed by atoms with Crippen molar-refractivity contribution < 1.29 is 4.74 Å². The molecule has 1 aromatic carbocycles. The number of ether oxygens (including phenoxy) is 1. The molecule has 0 saturated heterocycles. The maximum absolute atomic E-state index is 5.21. The van der Waals surface area contributed by atoms with E-state index in [1.165, 1.54) is 11.3 Å². The van der Waals surface area contributed by atoms with Gasteiger partial charge >= 0.3 is 0 Å². The summed E-state index contributed by atoms with van der Waals surface area (Å²) in [6, 6.07) is 6.24. The quantitative estimate of drug-likeness (QED) is 0.713. The third-order valence-corrected chi connectivity index (χ3v) is 3.40. The summed E-state index contributed by atoms with van der Waals surface area (Å²) < 4.78 is 5.21. The van der Waals surface area contributed by atoms with E-state index in [0.717, 1.165) is 18.6 Å². The number of rotatable bonds is 1. The molecular weight excluding hydrogens is 194 g/mol.